The maximum absolute atomic E-state index is 12.6. The topological polar surface area (TPSA) is 0 Å². The first kappa shape index (κ1) is 18.4. The molecule has 0 heterocycles. The minimum atomic E-state index is -4.42. The van der Waals surface area contributed by atoms with E-state index in [0.29, 0.717) is 9.79 Å². The summed E-state index contributed by atoms with van der Waals surface area (Å²) in [6.45, 7) is 0. The summed E-state index contributed by atoms with van der Waals surface area (Å²) in [6.07, 6.45) is -8.84. The summed E-state index contributed by atoms with van der Waals surface area (Å²) in [7, 11) is 3.21. The van der Waals surface area contributed by atoms with Gasteiger partial charge in [-0.25, -0.2) is 0 Å². The highest BCUT2D eigenvalue weighted by atomic mass is 33.5. The molecule has 9 heteroatoms. The van der Waals surface area contributed by atoms with Gasteiger partial charge in [-0.3, -0.25) is 0 Å². The lowest BCUT2D eigenvalue weighted by Crippen LogP contribution is -2.04. The van der Waals surface area contributed by atoms with Crippen LogP contribution in [-0.2, 0) is 12.4 Å². The number of rotatable bonds is 4. The van der Waals surface area contributed by atoms with Crippen LogP contribution in [0.3, 0.4) is 0 Å². The highest BCUT2D eigenvalue weighted by Gasteiger charge is 2.31. The largest absolute Gasteiger partial charge is 0.416 e. The summed E-state index contributed by atoms with van der Waals surface area (Å²) in [4.78, 5) is 0.758. The zero-order valence-corrected chi connectivity index (χ0v) is 13.6. The maximum atomic E-state index is 12.6. The fourth-order valence-electron chi connectivity index (χ4n) is 1.54. The van der Waals surface area contributed by atoms with E-state index in [4.69, 9.17) is 0 Å². The molecule has 0 nitrogen and oxygen atoms in total. The molecule has 0 aliphatic carbocycles. The number of hydrogen-bond donors (Lipinski definition) is 0. The molecule has 0 unspecified atom stereocenters. The number of alkyl halides is 6. The molecule has 0 atom stereocenters. The molecule has 0 spiro atoms. The summed E-state index contributed by atoms with van der Waals surface area (Å²) < 4.78 is 75.5. The van der Waals surface area contributed by atoms with Crippen LogP contribution in [0.2, 0.25) is 0 Å². The van der Waals surface area contributed by atoms with Gasteiger partial charge in [0.2, 0.25) is 0 Å². The van der Waals surface area contributed by atoms with Gasteiger partial charge < -0.3 is 0 Å². The van der Waals surface area contributed by atoms with E-state index in [1.165, 1.54) is 24.3 Å². The third-order valence-corrected chi connectivity index (χ3v) is 6.40. The lowest BCUT2D eigenvalue weighted by atomic mass is 10.2. The molecule has 0 N–H and O–H groups in total. The van der Waals surface area contributed by atoms with Gasteiger partial charge in [-0.05, 0) is 67.8 Å². The number of benzene rings is 2. The second-order valence-corrected chi connectivity index (χ2v) is 8.33. The standard InChI is InChI=1S/C14H8F6S3/c15-13(16,17)9-3-1-5-11(7-9)21-23-22-12-6-2-4-10(8-12)14(18,19)20/h1-8H. The average molecular weight is 386 g/mol. The Balaban J connectivity index is 1.98. The zero-order valence-electron chi connectivity index (χ0n) is 11.1. The molecule has 0 radical (unpaired) electrons. The molecule has 0 amide bonds. The first-order valence-corrected chi connectivity index (χ1v) is 9.50. The van der Waals surface area contributed by atoms with Crippen molar-refractivity contribution in [3.63, 3.8) is 0 Å². The van der Waals surface area contributed by atoms with Crippen molar-refractivity contribution < 1.29 is 26.3 Å². The fourth-order valence-corrected chi connectivity index (χ4v) is 5.27. The Kier molecular flexibility index (Phi) is 5.85. The van der Waals surface area contributed by atoms with E-state index in [1.807, 2.05) is 0 Å². The lowest BCUT2D eigenvalue weighted by molar-refractivity contribution is -0.138. The van der Waals surface area contributed by atoms with Crippen molar-refractivity contribution in [1.29, 1.82) is 0 Å². The summed E-state index contributed by atoms with van der Waals surface area (Å²) >= 11 is 0. The van der Waals surface area contributed by atoms with Gasteiger partial charge in [0.05, 0.1) is 11.1 Å². The minimum Gasteiger partial charge on any atom is -0.166 e. The molecule has 23 heavy (non-hydrogen) atoms. The SMILES string of the molecule is FC(F)(F)c1cccc(SSSc2cccc(C(F)(F)F)c2)c1. The highest BCUT2D eigenvalue weighted by Crippen LogP contribution is 2.46. The van der Waals surface area contributed by atoms with E-state index in [1.54, 1.807) is 0 Å². The molecule has 0 aromatic heterocycles. The van der Waals surface area contributed by atoms with Gasteiger partial charge in [0.1, 0.15) is 0 Å². The van der Waals surface area contributed by atoms with E-state index < -0.39 is 23.5 Å². The molecule has 2 rings (SSSR count). The second-order valence-electron chi connectivity index (χ2n) is 4.29. The van der Waals surface area contributed by atoms with Crippen LogP contribution in [0.4, 0.5) is 26.3 Å². The molecular formula is C14H8F6S3. The van der Waals surface area contributed by atoms with Gasteiger partial charge in [0.15, 0.2) is 0 Å². The number of hydrogen-bond acceptors (Lipinski definition) is 3. The quantitative estimate of drug-likeness (QED) is 0.404. The van der Waals surface area contributed by atoms with Gasteiger partial charge in [0.25, 0.3) is 0 Å². The summed E-state index contributed by atoms with van der Waals surface area (Å²) in [5.41, 5.74) is -1.51. The monoisotopic (exact) mass is 386 g/mol. The van der Waals surface area contributed by atoms with Crippen molar-refractivity contribution in [1.82, 2.24) is 0 Å². The Morgan fingerprint density at radius 2 is 1.00 bits per heavy atom. The van der Waals surface area contributed by atoms with Crippen molar-refractivity contribution in [2.24, 2.45) is 0 Å². The normalized spacial score (nSPS) is 12.4. The Hall–Kier alpha value is -0.930. The molecule has 0 aliphatic rings. The van der Waals surface area contributed by atoms with Crippen molar-refractivity contribution in [2.75, 3.05) is 0 Å². The van der Waals surface area contributed by atoms with Crippen molar-refractivity contribution >= 4 is 31.4 Å². The number of halogens is 6. The van der Waals surface area contributed by atoms with Gasteiger partial charge in [0, 0.05) is 9.79 Å². The van der Waals surface area contributed by atoms with Gasteiger partial charge >= 0.3 is 12.4 Å². The van der Waals surface area contributed by atoms with Crippen LogP contribution in [0, 0.1) is 0 Å². The predicted molar refractivity (Wildman–Crippen MR) is 82.2 cm³/mol. The third-order valence-electron chi connectivity index (χ3n) is 2.58. The second kappa shape index (κ2) is 7.31. The minimum absolute atomic E-state index is 0.379. The Morgan fingerprint density at radius 3 is 1.35 bits per heavy atom. The van der Waals surface area contributed by atoms with Crippen molar-refractivity contribution in [2.45, 2.75) is 22.1 Å². The molecule has 0 aliphatic heterocycles. The Labute approximate surface area is 139 Å². The zero-order chi connectivity index (χ0) is 17.1. The van der Waals surface area contributed by atoms with Crippen molar-refractivity contribution in [3.8, 4) is 0 Å². The Morgan fingerprint density at radius 1 is 0.609 bits per heavy atom. The van der Waals surface area contributed by atoms with Crippen LogP contribution in [0.1, 0.15) is 11.1 Å². The maximum Gasteiger partial charge on any atom is 0.416 e. The molecular weight excluding hydrogens is 378 g/mol. The molecule has 0 saturated carbocycles. The summed E-state index contributed by atoms with van der Waals surface area (Å²) in [6, 6.07) is 9.55. The molecule has 0 bridgehead atoms. The highest BCUT2D eigenvalue weighted by molar-refractivity contribution is 9.09. The van der Waals surface area contributed by atoms with E-state index in [2.05, 4.69) is 0 Å². The predicted octanol–water partition coefficient (Wildman–Crippen LogP) is 7.17. The average Bonchev–Trinajstić information content (AvgIpc) is 2.46. The molecule has 0 saturated heterocycles. The van der Waals surface area contributed by atoms with E-state index >= 15 is 0 Å². The fraction of sp³-hybridized carbons (Fsp3) is 0.143. The smallest absolute Gasteiger partial charge is 0.166 e. The van der Waals surface area contributed by atoms with Crippen LogP contribution >= 0.6 is 31.4 Å². The van der Waals surface area contributed by atoms with Crippen LogP contribution in [0.15, 0.2) is 58.3 Å². The van der Waals surface area contributed by atoms with Gasteiger partial charge in [-0.15, -0.1) is 0 Å². The summed E-state index contributed by atoms with van der Waals surface area (Å²) in [5.74, 6) is 0. The van der Waals surface area contributed by atoms with Gasteiger partial charge in [-0.1, -0.05) is 12.1 Å². The van der Waals surface area contributed by atoms with Crippen LogP contribution in [-0.4, -0.2) is 0 Å². The molecule has 0 fully saturated rings. The third kappa shape index (κ3) is 5.58. The van der Waals surface area contributed by atoms with Crippen molar-refractivity contribution in [3.05, 3.63) is 59.7 Å². The first-order chi connectivity index (χ1) is 10.7. The van der Waals surface area contributed by atoms with Gasteiger partial charge in [-0.2, -0.15) is 26.3 Å². The van der Waals surface area contributed by atoms with E-state index in [-0.39, 0.29) is 0 Å². The van der Waals surface area contributed by atoms with Crippen LogP contribution < -0.4 is 0 Å². The lowest BCUT2D eigenvalue weighted by Gasteiger charge is -2.09. The van der Waals surface area contributed by atoms with E-state index in [0.717, 1.165) is 55.7 Å². The molecule has 2 aromatic carbocycles. The molecule has 2 aromatic rings. The molecule has 124 valence electrons. The summed E-state index contributed by atoms with van der Waals surface area (Å²) in [5, 5.41) is 0. The van der Waals surface area contributed by atoms with Crippen LogP contribution in [0.25, 0.3) is 0 Å². The van der Waals surface area contributed by atoms with E-state index in [9.17, 15) is 26.3 Å². The van der Waals surface area contributed by atoms with Crippen LogP contribution in [0.5, 0.6) is 0 Å². The first-order valence-electron chi connectivity index (χ1n) is 6.02. The Bertz CT molecular complexity index is 609.